The first-order valence-electron chi connectivity index (χ1n) is 5.55. The van der Waals surface area contributed by atoms with Crippen molar-refractivity contribution in [1.29, 1.82) is 0 Å². The van der Waals surface area contributed by atoms with E-state index >= 15 is 0 Å². The molecule has 1 aromatic carbocycles. The van der Waals surface area contributed by atoms with Crippen LogP contribution in [0, 0.1) is 0 Å². The first kappa shape index (κ1) is 11.6. The number of esters is 1. The van der Waals surface area contributed by atoms with Crippen molar-refractivity contribution in [2.45, 2.75) is 25.2 Å². The van der Waals surface area contributed by atoms with E-state index in [-0.39, 0.29) is 11.9 Å². The van der Waals surface area contributed by atoms with Crippen molar-refractivity contribution in [2.75, 3.05) is 12.4 Å². The Morgan fingerprint density at radius 2 is 1.82 bits per heavy atom. The first-order chi connectivity index (χ1) is 8.08. The van der Waals surface area contributed by atoms with Crippen LogP contribution in [0.2, 0.25) is 0 Å². The predicted octanol–water partition coefficient (Wildman–Crippen LogP) is 1.85. The van der Waals surface area contributed by atoms with Crippen LogP contribution < -0.4 is 5.32 Å². The van der Waals surface area contributed by atoms with E-state index in [1.165, 1.54) is 14.0 Å². The molecule has 0 spiro atoms. The smallest absolute Gasteiger partial charge is 0.316 e. The van der Waals surface area contributed by atoms with Crippen molar-refractivity contribution < 1.29 is 14.3 Å². The van der Waals surface area contributed by atoms with E-state index in [0.29, 0.717) is 0 Å². The van der Waals surface area contributed by atoms with Gasteiger partial charge in [0.15, 0.2) is 0 Å². The van der Waals surface area contributed by atoms with E-state index in [0.717, 1.165) is 24.1 Å². The van der Waals surface area contributed by atoms with Gasteiger partial charge in [-0.15, -0.1) is 0 Å². The molecule has 0 aromatic heterocycles. The summed E-state index contributed by atoms with van der Waals surface area (Å²) in [6.07, 6.45) is 1.66. The number of benzene rings is 1. The molecule has 1 aliphatic carbocycles. The number of methoxy groups -OCH3 is 1. The lowest BCUT2D eigenvalue weighted by Crippen LogP contribution is -2.21. The van der Waals surface area contributed by atoms with Gasteiger partial charge in [-0.1, -0.05) is 12.1 Å². The Bertz CT molecular complexity index is 446. The third-order valence-corrected chi connectivity index (χ3v) is 3.08. The molecule has 4 nitrogen and oxygen atoms in total. The normalized spacial score (nSPS) is 16.1. The fraction of sp³-hybridized carbons (Fsp3) is 0.385. The predicted molar refractivity (Wildman–Crippen MR) is 63.7 cm³/mol. The summed E-state index contributed by atoms with van der Waals surface area (Å²) >= 11 is 0. The van der Waals surface area contributed by atoms with Crippen molar-refractivity contribution in [2.24, 2.45) is 0 Å². The highest BCUT2D eigenvalue weighted by Gasteiger charge is 2.52. The minimum absolute atomic E-state index is 0.105. The second-order valence-electron chi connectivity index (χ2n) is 4.33. The number of ether oxygens (including phenoxy) is 1. The molecule has 1 N–H and O–H groups in total. The molecule has 0 aliphatic heterocycles. The Morgan fingerprint density at radius 3 is 2.24 bits per heavy atom. The lowest BCUT2D eigenvalue weighted by Gasteiger charge is -2.13. The average molecular weight is 233 g/mol. The molecule has 0 atom stereocenters. The molecule has 1 saturated carbocycles. The van der Waals surface area contributed by atoms with Crippen molar-refractivity contribution >= 4 is 17.6 Å². The van der Waals surface area contributed by atoms with Gasteiger partial charge in [-0.2, -0.15) is 0 Å². The second kappa shape index (κ2) is 4.20. The largest absolute Gasteiger partial charge is 0.468 e. The molecular formula is C13H15NO3. The van der Waals surface area contributed by atoms with E-state index in [2.05, 4.69) is 5.32 Å². The van der Waals surface area contributed by atoms with E-state index in [1.54, 1.807) is 12.1 Å². The van der Waals surface area contributed by atoms with E-state index in [1.807, 2.05) is 12.1 Å². The molecule has 1 aliphatic rings. The number of rotatable bonds is 3. The molecule has 0 bridgehead atoms. The summed E-state index contributed by atoms with van der Waals surface area (Å²) in [5, 5.41) is 2.69. The third kappa shape index (κ3) is 2.16. The molecule has 1 amide bonds. The minimum atomic E-state index is -0.441. The third-order valence-electron chi connectivity index (χ3n) is 3.08. The van der Waals surface area contributed by atoms with Crippen LogP contribution in [-0.4, -0.2) is 19.0 Å². The molecule has 0 heterocycles. The second-order valence-corrected chi connectivity index (χ2v) is 4.33. The Balaban J connectivity index is 2.18. The fourth-order valence-corrected chi connectivity index (χ4v) is 2.01. The number of carbonyl (C=O) groups is 2. The monoisotopic (exact) mass is 233 g/mol. The van der Waals surface area contributed by atoms with Crippen LogP contribution in [0.4, 0.5) is 5.69 Å². The summed E-state index contributed by atoms with van der Waals surface area (Å²) in [5.41, 5.74) is 1.25. The number of amides is 1. The highest BCUT2D eigenvalue weighted by molar-refractivity contribution is 5.89. The molecule has 0 radical (unpaired) electrons. The van der Waals surface area contributed by atoms with Gasteiger partial charge in [0.2, 0.25) is 5.91 Å². The van der Waals surface area contributed by atoms with E-state index < -0.39 is 5.41 Å². The zero-order chi connectivity index (χ0) is 12.5. The van der Waals surface area contributed by atoms with Gasteiger partial charge in [-0.25, -0.2) is 0 Å². The lowest BCUT2D eigenvalue weighted by atomic mass is 9.96. The van der Waals surface area contributed by atoms with Gasteiger partial charge in [-0.05, 0) is 30.5 Å². The SMILES string of the molecule is COC(=O)C1(c2ccc(NC(C)=O)cc2)CC1. The quantitative estimate of drug-likeness (QED) is 0.810. The van der Waals surface area contributed by atoms with Crippen molar-refractivity contribution in [3.8, 4) is 0 Å². The fourth-order valence-electron chi connectivity index (χ4n) is 2.01. The molecular weight excluding hydrogens is 218 g/mol. The molecule has 1 aromatic rings. The summed E-state index contributed by atoms with van der Waals surface area (Å²) < 4.78 is 4.82. The Hall–Kier alpha value is -1.84. The van der Waals surface area contributed by atoms with Gasteiger partial charge in [0.25, 0.3) is 0 Å². The minimum Gasteiger partial charge on any atom is -0.468 e. The van der Waals surface area contributed by atoms with Crippen LogP contribution in [0.25, 0.3) is 0 Å². The first-order valence-corrected chi connectivity index (χ1v) is 5.55. The molecule has 1 fully saturated rings. The van der Waals surface area contributed by atoms with E-state index in [9.17, 15) is 9.59 Å². The highest BCUT2D eigenvalue weighted by atomic mass is 16.5. The van der Waals surface area contributed by atoms with Gasteiger partial charge in [0.05, 0.1) is 12.5 Å². The maximum absolute atomic E-state index is 11.7. The van der Waals surface area contributed by atoms with Crippen LogP contribution in [-0.2, 0) is 19.7 Å². The topological polar surface area (TPSA) is 55.4 Å². The zero-order valence-corrected chi connectivity index (χ0v) is 9.95. The maximum atomic E-state index is 11.7. The van der Waals surface area contributed by atoms with E-state index in [4.69, 9.17) is 4.74 Å². The van der Waals surface area contributed by atoms with Crippen LogP contribution in [0.3, 0.4) is 0 Å². The number of anilines is 1. The Morgan fingerprint density at radius 1 is 1.24 bits per heavy atom. The van der Waals surface area contributed by atoms with Gasteiger partial charge in [-0.3, -0.25) is 9.59 Å². The summed E-state index contributed by atoms with van der Waals surface area (Å²) in [5.74, 6) is -0.281. The van der Waals surface area contributed by atoms with Crippen molar-refractivity contribution in [3.63, 3.8) is 0 Å². The molecule has 2 rings (SSSR count). The van der Waals surface area contributed by atoms with Crippen LogP contribution in [0.5, 0.6) is 0 Å². The number of carbonyl (C=O) groups excluding carboxylic acids is 2. The standard InChI is InChI=1S/C13H15NO3/c1-9(15)14-11-5-3-10(4-6-11)13(7-8-13)12(16)17-2/h3-6H,7-8H2,1-2H3,(H,14,15). The van der Waals surface area contributed by atoms with Crippen LogP contribution in [0.15, 0.2) is 24.3 Å². The molecule has 0 unspecified atom stereocenters. The number of hydrogen-bond acceptors (Lipinski definition) is 3. The van der Waals surface area contributed by atoms with Gasteiger partial charge >= 0.3 is 5.97 Å². The van der Waals surface area contributed by atoms with Gasteiger partial charge in [0.1, 0.15) is 0 Å². The lowest BCUT2D eigenvalue weighted by molar-refractivity contribution is -0.143. The van der Waals surface area contributed by atoms with Crippen molar-refractivity contribution in [1.82, 2.24) is 0 Å². The van der Waals surface area contributed by atoms with Gasteiger partial charge < -0.3 is 10.1 Å². The Kier molecular flexibility index (Phi) is 2.88. The summed E-state index contributed by atoms with van der Waals surface area (Å²) in [4.78, 5) is 22.5. The van der Waals surface area contributed by atoms with Gasteiger partial charge in [0, 0.05) is 12.6 Å². The molecule has 4 heteroatoms. The number of nitrogens with one attached hydrogen (secondary N) is 1. The zero-order valence-electron chi connectivity index (χ0n) is 9.95. The van der Waals surface area contributed by atoms with Crippen LogP contribution in [0.1, 0.15) is 25.3 Å². The summed E-state index contributed by atoms with van der Waals surface area (Å²) in [7, 11) is 1.41. The van der Waals surface area contributed by atoms with Crippen molar-refractivity contribution in [3.05, 3.63) is 29.8 Å². The maximum Gasteiger partial charge on any atom is 0.316 e. The molecule has 0 saturated heterocycles. The molecule has 17 heavy (non-hydrogen) atoms. The summed E-state index contributed by atoms with van der Waals surface area (Å²) in [6.45, 7) is 1.46. The number of hydrogen-bond donors (Lipinski definition) is 1. The Labute approximate surface area is 100.0 Å². The summed E-state index contributed by atoms with van der Waals surface area (Å²) in [6, 6.07) is 7.35. The molecule has 90 valence electrons. The van der Waals surface area contributed by atoms with Crippen LogP contribution >= 0.6 is 0 Å². The average Bonchev–Trinajstić information content (AvgIpc) is 3.09. The highest BCUT2D eigenvalue weighted by Crippen LogP contribution is 2.49.